The third-order valence-corrected chi connectivity index (χ3v) is 2.79. The monoisotopic (exact) mass is 231 g/mol. The number of rotatable bonds is 4. The molecule has 2 rings (SSSR count). The number of aliphatic hydroxyl groups is 1. The lowest BCUT2D eigenvalue weighted by atomic mass is 10.1. The summed E-state index contributed by atoms with van der Waals surface area (Å²) < 4.78 is 0. The SMILES string of the molecule is CC(CCO)Nc1ccc2ncccc2c1N. The van der Waals surface area contributed by atoms with Crippen LogP contribution in [0.2, 0.25) is 0 Å². The molecule has 0 aliphatic heterocycles. The van der Waals surface area contributed by atoms with Crippen LogP contribution in [-0.4, -0.2) is 22.7 Å². The van der Waals surface area contributed by atoms with Gasteiger partial charge in [-0.1, -0.05) is 0 Å². The van der Waals surface area contributed by atoms with Crippen LogP contribution in [0.4, 0.5) is 11.4 Å². The minimum Gasteiger partial charge on any atom is -0.397 e. The van der Waals surface area contributed by atoms with Crippen LogP contribution in [0.25, 0.3) is 10.9 Å². The van der Waals surface area contributed by atoms with Gasteiger partial charge >= 0.3 is 0 Å². The number of hydrogen-bond acceptors (Lipinski definition) is 4. The third kappa shape index (κ3) is 2.47. The maximum Gasteiger partial charge on any atom is 0.0724 e. The van der Waals surface area contributed by atoms with Crippen LogP contribution in [0, 0.1) is 0 Å². The zero-order valence-electron chi connectivity index (χ0n) is 9.85. The van der Waals surface area contributed by atoms with E-state index >= 15 is 0 Å². The van der Waals surface area contributed by atoms with Gasteiger partial charge in [0.1, 0.15) is 0 Å². The van der Waals surface area contributed by atoms with Crippen LogP contribution < -0.4 is 11.1 Å². The molecular weight excluding hydrogens is 214 g/mol. The molecule has 0 saturated carbocycles. The average Bonchev–Trinajstić information content (AvgIpc) is 2.33. The molecule has 1 aromatic heterocycles. The zero-order chi connectivity index (χ0) is 12.3. The van der Waals surface area contributed by atoms with Crippen LogP contribution in [0.5, 0.6) is 0 Å². The molecule has 1 heterocycles. The summed E-state index contributed by atoms with van der Waals surface area (Å²) in [5.74, 6) is 0. The molecule has 1 aromatic carbocycles. The summed E-state index contributed by atoms with van der Waals surface area (Å²) in [5, 5.41) is 13.1. The Bertz CT molecular complexity index is 513. The topological polar surface area (TPSA) is 71.2 Å². The predicted octanol–water partition coefficient (Wildman–Crippen LogP) is 2.00. The van der Waals surface area contributed by atoms with Crippen LogP contribution >= 0.6 is 0 Å². The van der Waals surface area contributed by atoms with E-state index in [4.69, 9.17) is 10.8 Å². The minimum atomic E-state index is 0.170. The number of anilines is 2. The van der Waals surface area contributed by atoms with Crippen molar-refractivity contribution in [3.8, 4) is 0 Å². The van der Waals surface area contributed by atoms with Crippen molar-refractivity contribution in [3.05, 3.63) is 30.5 Å². The molecule has 0 saturated heterocycles. The molecule has 0 aliphatic carbocycles. The molecular formula is C13H17N3O. The van der Waals surface area contributed by atoms with Gasteiger partial charge in [-0.2, -0.15) is 0 Å². The quantitative estimate of drug-likeness (QED) is 0.704. The van der Waals surface area contributed by atoms with Crippen LogP contribution in [0.3, 0.4) is 0 Å². The highest BCUT2D eigenvalue weighted by Gasteiger charge is 2.07. The molecule has 17 heavy (non-hydrogen) atoms. The van der Waals surface area contributed by atoms with Crippen molar-refractivity contribution in [3.63, 3.8) is 0 Å². The highest BCUT2D eigenvalue weighted by atomic mass is 16.3. The average molecular weight is 231 g/mol. The number of fused-ring (bicyclic) bond motifs is 1. The van der Waals surface area contributed by atoms with E-state index in [0.29, 0.717) is 12.1 Å². The van der Waals surface area contributed by atoms with E-state index in [2.05, 4.69) is 10.3 Å². The first kappa shape index (κ1) is 11.7. The van der Waals surface area contributed by atoms with Crippen molar-refractivity contribution in [1.82, 2.24) is 4.98 Å². The number of nitrogens with two attached hydrogens (primary N) is 1. The fourth-order valence-corrected chi connectivity index (χ4v) is 1.83. The summed E-state index contributed by atoms with van der Waals surface area (Å²) in [6, 6.07) is 7.90. The number of hydrogen-bond donors (Lipinski definition) is 3. The largest absolute Gasteiger partial charge is 0.397 e. The second kappa shape index (κ2) is 5.01. The lowest BCUT2D eigenvalue weighted by molar-refractivity contribution is 0.282. The summed E-state index contributed by atoms with van der Waals surface area (Å²) >= 11 is 0. The minimum absolute atomic E-state index is 0.170. The van der Waals surface area contributed by atoms with Crippen molar-refractivity contribution in [2.45, 2.75) is 19.4 Å². The number of nitrogen functional groups attached to an aromatic ring is 1. The van der Waals surface area contributed by atoms with Crippen LogP contribution in [0.15, 0.2) is 30.5 Å². The lowest BCUT2D eigenvalue weighted by Crippen LogP contribution is -2.17. The van der Waals surface area contributed by atoms with Gasteiger partial charge < -0.3 is 16.2 Å². The van der Waals surface area contributed by atoms with Gasteiger partial charge in [-0.05, 0) is 37.6 Å². The Kier molecular flexibility index (Phi) is 3.44. The van der Waals surface area contributed by atoms with Gasteiger partial charge in [-0.3, -0.25) is 4.98 Å². The molecule has 2 aromatic rings. The Labute approximate surface area is 100 Å². The van der Waals surface area contributed by atoms with Crippen molar-refractivity contribution in [2.24, 2.45) is 0 Å². The highest BCUT2D eigenvalue weighted by molar-refractivity contribution is 5.96. The number of aromatic nitrogens is 1. The molecule has 4 heteroatoms. The van der Waals surface area contributed by atoms with E-state index in [0.717, 1.165) is 16.6 Å². The molecule has 1 atom stereocenters. The van der Waals surface area contributed by atoms with E-state index < -0.39 is 0 Å². The summed E-state index contributed by atoms with van der Waals surface area (Å²) in [7, 11) is 0. The Hall–Kier alpha value is -1.81. The van der Waals surface area contributed by atoms with Gasteiger partial charge in [0.05, 0.1) is 16.9 Å². The molecule has 4 N–H and O–H groups in total. The first-order chi connectivity index (χ1) is 8.22. The molecule has 0 aliphatic rings. The van der Waals surface area contributed by atoms with E-state index in [1.807, 2.05) is 31.2 Å². The Morgan fingerprint density at radius 2 is 2.24 bits per heavy atom. The van der Waals surface area contributed by atoms with Gasteiger partial charge in [0, 0.05) is 24.2 Å². The Balaban J connectivity index is 2.32. The number of aliphatic hydroxyl groups excluding tert-OH is 1. The predicted molar refractivity (Wildman–Crippen MR) is 70.9 cm³/mol. The lowest BCUT2D eigenvalue weighted by Gasteiger charge is -2.16. The number of nitrogens with one attached hydrogen (secondary N) is 1. The molecule has 4 nitrogen and oxygen atoms in total. The van der Waals surface area contributed by atoms with E-state index in [1.54, 1.807) is 6.20 Å². The third-order valence-electron chi connectivity index (χ3n) is 2.79. The van der Waals surface area contributed by atoms with Crippen molar-refractivity contribution in [2.75, 3.05) is 17.7 Å². The molecule has 0 fully saturated rings. The molecule has 0 radical (unpaired) electrons. The number of nitrogens with zero attached hydrogens (tertiary/aromatic N) is 1. The van der Waals surface area contributed by atoms with Crippen molar-refractivity contribution in [1.29, 1.82) is 0 Å². The fourth-order valence-electron chi connectivity index (χ4n) is 1.83. The maximum absolute atomic E-state index is 8.87. The second-order valence-corrected chi connectivity index (χ2v) is 4.15. The van der Waals surface area contributed by atoms with E-state index in [-0.39, 0.29) is 12.6 Å². The van der Waals surface area contributed by atoms with Crippen molar-refractivity contribution >= 4 is 22.3 Å². The first-order valence-electron chi connectivity index (χ1n) is 5.73. The van der Waals surface area contributed by atoms with Gasteiger partial charge in [0.2, 0.25) is 0 Å². The molecule has 0 amide bonds. The standard InChI is InChI=1S/C13H17N3O/c1-9(6-8-17)16-12-5-4-11-10(13(12)14)3-2-7-15-11/h2-5,7,9,16-17H,6,8,14H2,1H3. The fraction of sp³-hybridized carbons (Fsp3) is 0.308. The zero-order valence-corrected chi connectivity index (χ0v) is 9.85. The molecule has 0 spiro atoms. The Morgan fingerprint density at radius 3 is 3.00 bits per heavy atom. The summed E-state index contributed by atoms with van der Waals surface area (Å²) in [5.41, 5.74) is 8.60. The van der Waals surface area contributed by atoms with Gasteiger partial charge in [0.15, 0.2) is 0 Å². The van der Waals surface area contributed by atoms with Gasteiger partial charge in [0.25, 0.3) is 0 Å². The van der Waals surface area contributed by atoms with E-state index in [1.165, 1.54) is 0 Å². The number of pyridine rings is 1. The molecule has 1 unspecified atom stereocenters. The van der Waals surface area contributed by atoms with Crippen LogP contribution in [0.1, 0.15) is 13.3 Å². The smallest absolute Gasteiger partial charge is 0.0724 e. The van der Waals surface area contributed by atoms with Gasteiger partial charge in [-0.25, -0.2) is 0 Å². The molecule has 90 valence electrons. The highest BCUT2D eigenvalue weighted by Crippen LogP contribution is 2.27. The Morgan fingerprint density at radius 1 is 1.41 bits per heavy atom. The summed E-state index contributed by atoms with van der Waals surface area (Å²) in [4.78, 5) is 4.25. The maximum atomic E-state index is 8.87. The second-order valence-electron chi connectivity index (χ2n) is 4.15. The van der Waals surface area contributed by atoms with Crippen LogP contribution in [-0.2, 0) is 0 Å². The first-order valence-corrected chi connectivity index (χ1v) is 5.73. The number of benzene rings is 1. The normalized spacial score (nSPS) is 12.6. The van der Waals surface area contributed by atoms with Gasteiger partial charge in [-0.15, -0.1) is 0 Å². The van der Waals surface area contributed by atoms with Crippen molar-refractivity contribution < 1.29 is 5.11 Å². The molecule has 0 bridgehead atoms. The summed E-state index contributed by atoms with van der Waals surface area (Å²) in [6.45, 7) is 2.19. The van der Waals surface area contributed by atoms with E-state index in [9.17, 15) is 0 Å². The summed E-state index contributed by atoms with van der Waals surface area (Å²) in [6.07, 6.45) is 2.45.